The molecule has 2 nitrogen and oxygen atoms in total. The van der Waals surface area contributed by atoms with Gasteiger partial charge in [0.25, 0.3) is 0 Å². The molecular formula is C15H21NO. The summed E-state index contributed by atoms with van der Waals surface area (Å²) in [5.41, 5.74) is 1.38. The van der Waals surface area contributed by atoms with Gasteiger partial charge in [0.2, 0.25) is 0 Å². The highest BCUT2D eigenvalue weighted by Gasteiger charge is 2.31. The number of fused-ring (bicyclic) bond motifs is 1. The molecule has 0 saturated carbocycles. The molecule has 92 valence electrons. The highest BCUT2D eigenvalue weighted by atomic mass is 16.5. The number of ether oxygens (including phenoxy) is 1. The number of para-hydroxylation sites is 1. The zero-order chi connectivity index (χ0) is 11.7. The van der Waals surface area contributed by atoms with E-state index in [1.807, 2.05) is 0 Å². The minimum absolute atomic E-state index is 0.322. The molecule has 0 unspecified atom stereocenters. The number of benzene rings is 1. The van der Waals surface area contributed by atoms with Crippen molar-refractivity contribution in [1.29, 1.82) is 0 Å². The van der Waals surface area contributed by atoms with Crippen molar-refractivity contribution in [3.05, 3.63) is 29.8 Å². The van der Waals surface area contributed by atoms with Gasteiger partial charge in [0, 0.05) is 0 Å². The fraction of sp³-hybridized carbons (Fsp3) is 0.600. The van der Waals surface area contributed by atoms with Crippen LogP contribution < -0.4 is 4.74 Å². The van der Waals surface area contributed by atoms with E-state index in [4.69, 9.17) is 4.74 Å². The van der Waals surface area contributed by atoms with E-state index in [0.29, 0.717) is 12.1 Å². The molecule has 2 aliphatic heterocycles. The topological polar surface area (TPSA) is 12.5 Å². The van der Waals surface area contributed by atoms with Gasteiger partial charge in [-0.25, -0.2) is 0 Å². The summed E-state index contributed by atoms with van der Waals surface area (Å²) in [6.07, 6.45) is 5.57. The lowest BCUT2D eigenvalue weighted by Crippen LogP contribution is -2.50. The van der Waals surface area contributed by atoms with Crippen LogP contribution in [0.4, 0.5) is 0 Å². The molecule has 1 saturated heterocycles. The van der Waals surface area contributed by atoms with Crippen LogP contribution >= 0.6 is 0 Å². The van der Waals surface area contributed by atoms with E-state index in [1.165, 1.54) is 37.9 Å². The summed E-state index contributed by atoms with van der Waals surface area (Å²) in [4.78, 5) is 2.63. The predicted octanol–water partition coefficient (Wildman–Crippen LogP) is 2.86. The van der Waals surface area contributed by atoms with Crippen molar-refractivity contribution in [1.82, 2.24) is 4.90 Å². The van der Waals surface area contributed by atoms with Crippen LogP contribution in [0.2, 0.25) is 0 Å². The smallest absolute Gasteiger partial charge is 0.123 e. The Labute approximate surface area is 104 Å². The van der Waals surface area contributed by atoms with Gasteiger partial charge in [-0.15, -0.1) is 0 Å². The van der Waals surface area contributed by atoms with E-state index in [1.54, 1.807) is 0 Å². The second kappa shape index (κ2) is 4.69. The lowest BCUT2D eigenvalue weighted by Gasteiger charge is -2.41. The summed E-state index contributed by atoms with van der Waals surface area (Å²) in [5, 5.41) is 0. The van der Waals surface area contributed by atoms with Crippen LogP contribution in [0.5, 0.6) is 5.75 Å². The molecule has 0 N–H and O–H groups in total. The van der Waals surface area contributed by atoms with Crippen molar-refractivity contribution in [3.8, 4) is 5.75 Å². The molecule has 0 bridgehead atoms. The van der Waals surface area contributed by atoms with Crippen LogP contribution in [0.25, 0.3) is 0 Å². The molecule has 2 heterocycles. The van der Waals surface area contributed by atoms with Crippen molar-refractivity contribution in [3.63, 3.8) is 0 Å². The first kappa shape index (κ1) is 11.1. The Morgan fingerprint density at radius 3 is 2.71 bits per heavy atom. The van der Waals surface area contributed by atoms with Crippen LogP contribution in [-0.4, -0.2) is 30.1 Å². The van der Waals surface area contributed by atoms with Crippen LogP contribution in [0.15, 0.2) is 24.3 Å². The Bertz CT molecular complexity index is 384. The van der Waals surface area contributed by atoms with Gasteiger partial charge >= 0.3 is 0 Å². The number of likely N-dealkylation sites (tertiary alicyclic amines) is 1. The van der Waals surface area contributed by atoms with Gasteiger partial charge in [0.1, 0.15) is 11.9 Å². The largest absolute Gasteiger partial charge is 0.489 e. The van der Waals surface area contributed by atoms with E-state index in [2.05, 4.69) is 36.1 Å². The second-order valence-corrected chi connectivity index (χ2v) is 5.30. The lowest BCUT2D eigenvalue weighted by molar-refractivity contribution is 0.0501. The first-order valence-electron chi connectivity index (χ1n) is 6.83. The fourth-order valence-electron chi connectivity index (χ4n) is 3.13. The molecule has 1 aromatic rings. The summed E-state index contributed by atoms with van der Waals surface area (Å²) >= 11 is 0. The highest BCUT2D eigenvalue weighted by Crippen LogP contribution is 2.30. The quantitative estimate of drug-likeness (QED) is 0.737. The molecule has 2 heteroatoms. The van der Waals surface area contributed by atoms with E-state index in [9.17, 15) is 0 Å². The fourth-order valence-corrected chi connectivity index (χ4v) is 3.13. The van der Waals surface area contributed by atoms with Gasteiger partial charge in [-0.3, -0.25) is 4.90 Å². The van der Waals surface area contributed by atoms with Crippen LogP contribution in [0.3, 0.4) is 0 Å². The van der Waals surface area contributed by atoms with Gasteiger partial charge in [0.15, 0.2) is 0 Å². The maximum Gasteiger partial charge on any atom is 0.123 e. The molecule has 17 heavy (non-hydrogen) atoms. The number of hydrogen-bond donors (Lipinski definition) is 0. The lowest BCUT2D eigenvalue weighted by atomic mass is 9.95. The molecule has 2 atom stereocenters. The molecule has 0 aliphatic carbocycles. The third kappa shape index (κ3) is 2.19. The van der Waals surface area contributed by atoms with E-state index in [0.717, 1.165) is 12.2 Å². The first-order chi connectivity index (χ1) is 8.34. The van der Waals surface area contributed by atoms with Gasteiger partial charge in [0.05, 0.1) is 6.04 Å². The van der Waals surface area contributed by atoms with Gasteiger partial charge in [-0.1, -0.05) is 24.6 Å². The van der Waals surface area contributed by atoms with Crippen molar-refractivity contribution >= 4 is 0 Å². The van der Waals surface area contributed by atoms with Crippen molar-refractivity contribution in [2.75, 3.05) is 13.1 Å². The summed E-state index contributed by atoms with van der Waals surface area (Å²) in [6, 6.07) is 9.06. The number of rotatable bonds is 1. The SMILES string of the molecule is C[C@@H]1Oc2ccccc2C[C@H]1N1CCCCC1. The molecule has 2 aliphatic rings. The maximum absolute atomic E-state index is 6.06. The van der Waals surface area contributed by atoms with Gasteiger partial charge in [-0.05, 0) is 50.9 Å². The second-order valence-electron chi connectivity index (χ2n) is 5.30. The van der Waals surface area contributed by atoms with E-state index >= 15 is 0 Å². The Balaban J connectivity index is 1.79. The van der Waals surface area contributed by atoms with Crippen molar-refractivity contribution in [2.24, 2.45) is 0 Å². The first-order valence-corrected chi connectivity index (χ1v) is 6.83. The average molecular weight is 231 g/mol. The molecule has 0 radical (unpaired) electrons. The van der Waals surface area contributed by atoms with Crippen molar-refractivity contribution < 1.29 is 4.74 Å². The summed E-state index contributed by atoms with van der Waals surface area (Å²) in [6.45, 7) is 4.72. The Hall–Kier alpha value is -1.02. The third-order valence-corrected chi connectivity index (χ3v) is 4.12. The van der Waals surface area contributed by atoms with Gasteiger partial charge < -0.3 is 4.74 Å². The maximum atomic E-state index is 6.06. The molecule has 1 aromatic carbocycles. The number of hydrogen-bond acceptors (Lipinski definition) is 2. The molecule has 0 spiro atoms. The summed E-state index contributed by atoms with van der Waals surface area (Å²) in [5.74, 6) is 1.09. The predicted molar refractivity (Wildman–Crippen MR) is 69.4 cm³/mol. The Kier molecular flexibility index (Phi) is 3.06. The minimum atomic E-state index is 0.322. The number of nitrogens with zero attached hydrogens (tertiary/aromatic N) is 1. The summed E-state index contributed by atoms with van der Waals surface area (Å²) in [7, 11) is 0. The zero-order valence-electron chi connectivity index (χ0n) is 10.6. The number of piperidine rings is 1. The minimum Gasteiger partial charge on any atom is -0.489 e. The average Bonchev–Trinajstić information content (AvgIpc) is 2.39. The van der Waals surface area contributed by atoms with Crippen LogP contribution in [0, 0.1) is 0 Å². The molecular weight excluding hydrogens is 210 g/mol. The van der Waals surface area contributed by atoms with Gasteiger partial charge in [-0.2, -0.15) is 0 Å². The molecule has 1 fully saturated rings. The zero-order valence-corrected chi connectivity index (χ0v) is 10.6. The molecule has 3 rings (SSSR count). The van der Waals surface area contributed by atoms with E-state index < -0.39 is 0 Å². The Morgan fingerprint density at radius 2 is 1.88 bits per heavy atom. The monoisotopic (exact) mass is 231 g/mol. The molecule has 0 amide bonds. The van der Waals surface area contributed by atoms with E-state index in [-0.39, 0.29) is 0 Å². The normalized spacial score (nSPS) is 29.5. The molecule has 0 aromatic heterocycles. The standard InChI is InChI=1S/C15H21NO/c1-12-14(16-9-5-2-6-10-16)11-13-7-3-4-8-15(13)17-12/h3-4,7-8,12,14H,2,5-6,9-11H2,1H3/t12-,14+/m0/s1. The van der Waals surface area contributed by atoms with Crippen LogP contribution in [-0.2, 0) is 6.42 Å². The third-order valence-electron chi connectivity index (χ3n) is 4.12. The Morgan fingerprint density at radius 1 is 1.12 bits per heavy atom. The van der Waals surface area contributed by atoms with Crippen LogP contribution in [0.1, 0.15) is 31.7 Å². The highest BCUT2D eigenvalue weighted by molar-refractivity contribution is 5.36. The summed E-state index contributed by atoms with van der Waals surface area (Å²) < 4.78 is 6.06. The van der Waals surface area contributed by atoms with Crippen molar-refractivity contribution in [2.45, 2.75) is 44.8 Å².